The van der Waals surface area contributed by atoms with Gasteiger partial charge >= 0.3 is 0 Å². The van der Waals surface area contributed by atoms with Crippen LogP contribution in [0.2, 0.25) is 0 Å². The number of rotatable bonds is 5. The smallest absolute Gasteiger partial charge is 0.240 e. The van der Waals surface area contributed by atoms with E-state index in [1.54, 1.807) is 25.3 Å². The molecule has 0 amide bonds. The first-order valence-corrected chi connectivity index (χ1v) is 7.54. The lowest BCUT2D eigenvalue weighted by Crippen LogP contribution is -2.38. The molecule has 0 bridgehead atoms. The summed E-state index contributed by atoms with van der Waals surface area (Å²) in [6.07, 6.45) is 2.82. The van der Waals surface area contributed by atoms with Gasteiger partial charge in [0.1, 0.15) is 5.82 Å². The maximum absolute atomic E-state index is 13.6. The zero-order valence-electron chi connectivity index (χ0n) is 12.7. The van der Waals surface area contributed by atoms with Gasteiger partial charge in [-0.25, -0.2) is 4.39 Å². The summed E-state index contributed by atoms with van der Waals surface area (Å²) < 4.78 is 24.3. The van der Waals surface area contributed by atoms with Crippen LogP contribution in [0, 0.1) is 5.82 Å². The average Bonchev–Trinajstić information content (AvgIpc) is 2.97. The molecule has 6 heteroatoms. The third kappa shape index (κ3) is 3.69. The SMILES string of the molecule is CO[C@@H]1CCCN(Cc2nc(Cc3ccccc3F)no2)C1. The molecule has 1 atom stereocenters. The van der Waals surface area contributed by atoms with Crippen LogP contribution in [0.15, 0.2) is 28.8 Å². The van der Waals surface area contributed by atoms with E-state index in [0.717, 1.165) is 25.9 Å². The van der Waals surface area contributed by atoms with Crippen molar-refractivity contribution in [3.05, 3.63) is 47.4 Å². The number of benzene rings is 1. The molecule has 0 radical (unpaired) electrons. The summed E-state index contributed by atoms with van der Waals surface area (Å²) in [4.78, 5) is 6.61. The molecule has 0 unspecified atom stereocenters. The molecular formula is C16H20FN3O2. The van der Waals surface area contributed by atoms with Gasteiger partial charge in [0.25, 0.3) is 0 Å². The van der Waals surface area contributed by atoms with Crippen molar-refractivity contribution in [3.8, 4) is 0 Å². The molecule has 2 aromatic rings. The number of hydrogen-bond acceptors (Lipinski definition) is 5. The highest BCUT2D eigenvalue weighted by Crippen LogP contribution is 2.16. The maximum Gasteiger partial charge on any atom is 0.240 e. The first-order chi connectivity index (χ1) is 10.7. The van der Waals surface area contributed by atoms with Crippen LogP contribution in [0.3, 0.4) is 0 Å². The Morgan fingerprint density at radius 1 is 1.41 bits per heavy atom. The Labute approximate surface area is 129 Å². The summed E-state index contributed by atoms with van der Waals surface area (Å²) >= 11 is 0. The number of likely N-dealkylation sites (tertiary alicyclic amines) is 1. The minimum Gasteiger partial charge on any atom is -0.380 e. The Hall–Kier alpha value is -1.79. The van der Waals surface area contributed by atoms with E-state index in [4.69, 9.17) is 9.26 Å². The lowest BCUT2D eigenvalue weighted by Gasteiger charge is -2.30. The molecule has 0 spiro atoms. The fraction of sp³-hybridized carbons (Fsp3) is 0.500. The van der Waals surface area contributed by atoms with E-state index in [1.165, 1.54) is 6.07 Å². The maximum atomic E-state index is 13.6. The molecule has 22 heavy (non-hydrogen) atoms. The van der Waals surface area contributed by atoms with E-state index in [-0.39, 0.29) is 11.9 Å². The second kappa shape index (κ2) is 6.98. The molecule has 0 N–H and O–H groups in total. The Morgan fingerprint density at radius 3 is 3.09 bits per heavy atom. The Bertz CT molecular complexity index is 617. The van der Waals surface area contributed by atoms with Crippen LogP contribution in [0.5, 0.6) is 0 Å². The van der Waals surface area contributed by atoms with Gasteiger partial charge in [-0.3, -0.25) is 4.90 Å². The number of ether oxygens (including phenoxy) is 1. The summed E-state index contributed by atoms with van der Waals surface area (Å²) in [7, 11) is 1.74. The summed E-state index contributed by atoms with van der Waals surface area (Å²) in [6, 6.07) is 6.65. The van der Waals surface area contributed by atoms with E-state index < -0.39 is 0 Å². The lowest BCUT2D eigenvalue weighted by molar-refractivity contribution is 0.0251. The molecule has 0 aliphatic carbocycles. The fourth-order valence-electron chi connectivity index (χ4n) is 2.78. The van der Waals surface area contributed by atoms with Crippen molar-refractivity contribution in [1.82, 2.24) is 15.0 Å². The Morgan fingerprint density at radius 2 is 2.27 bits per heavy atom. The van der Waals surface area contributed by atoms with Crippen molar-refractivity contribution < 1.29 is 13.7 Å². The normalized spacial score (nSPS) is 19.5. The number of piperidine rings is 1. The van der Waals surface area contributed by atoms with Crippen molar-refractivity contribution in [2.75, 3.05) is 20.2 Å². The lowest BCUT2D eigenvalue weighted by atomic mass is 10.1. The second-order valence-electron chi connectivity index (χ2n) is 5.61. The van der Waals surface area contributed by atoms with Gasteiger partial charge in [-0.2, -0.15) is 4.98 Å². The van der Waals surface area contributed by atoms with E-state index in [2.05, 4.69) is 15.0 Å². The van der Waals surface area contributed by atoms with Gasteiger partial charge in [0.05, 0.1) is 12.6 Å². The van der Waals surface area contributed by atoms with Gasteiger partial charge in [0.2, 0.25) is 5.89 Å². The molecule has 1 fully saturated rings. The van der Waals surface area contributed by atoms with Crippen LogP contribution in [0.25, 0.3) is 0 Å². The molecular weight excluding hydrogens is 285 g/mol. The molecule has 1 aliphatic heterocycles. The Balaban J connectivity index is 1.60. The third-order valence-electron chi connectivity index (χ3n) is 3.97. The highest BCUT2D eigenvalue weighted by Gasteiger charge is 2.21. The number of methoxy groups -OCH3 is 1. The molecule has 1 aliphatic rings. The molecule has 3 rings (SSSR count). The molecule has 1 saturated heterocycles. The van der Waals surface area contributed by atoms with E-state index in [1.807, 2.05) is 0 Å². The van der Waals surface area contributed by atoms with Crippen LogP contribution >= 0.6 is 0 Å². The quantitative estimate of drug-likeness (QED) is 0.849. The van der Waals surface area contributed by atoms with Crippen molar-refractivity contribution in [2.45, 2.75) is 31.9 Å². The summed E-state index contributed by atoms with van der Waals surface area (Å²) in [5.74, 6) is 0.844. The second-order valence-corrected chi connectivity index (χ2v) is 5.61. The minimum absolute atomic E-state index is 0.243. The third-order valence-corrected chi connectivity index (χ3v) is 3.97. The zero-order valence-corrected chi connectivity index (χ0v) is 12.7. The number of halogens is 1. The van der Waals surface area contributed by atoms with Gasteiger partial charge in [-0.1, -0.05) is 23.4 Å². The topological polar surface area (TPSA) is 51.4 Å². The van der Waals surface area contributed by atoms with Crippen LogP contribution < -0.4 is 0 Å². The summed E-state index contributed by atoms with van der Waals surface area (Å²) in [5, 5.41) is 3.95. The van der Waals surface area contributed by atoms with Crippen molar-refractivity contribution in [3.63, 3.8) is 0 Å². The Kier molecular flexibility index (Phi) is 4.80. The van der Waals surface area contributed by atoms with Gasteiger partial charge in [0, 0.05) is 20.1 Å². The van der Waals surface area contributed by atoms with Crippen molar-refractivity contribution >= 4 is 0 Å². The molecule has 5 nitrogen and oxygen atoms in total. The van der Waals surface area contributed by atoms with Gasteiger partial charge in [-0.05, 0) is 31.0 Å². The molecule has 0 saturated carbocycles. The highest BCUT2D eigenvalue weighted by atomic mass is 19.1. The fourth-order valence-corrected chi connectivity index (χ4v) is 2.78. The highest BCUT2D eigenvalue weighted by molar-refractivity contribution is 5.20. The van der Waals surface area contributed by atoms with E-state index in [9.17, 15) is 4.39 Å². The number of nitrogens with zero attached hydrogens (tertiary/aromatic N) is 3. The number of aromatic nitrogens is 2. The first kappa shape index (κ1) is 15.1. The largest absolute Gasteiger partial charge is 0.380 e. The van der Waals surface area contributed by atoms with Crippen molar-refractivity contribution in [1.29, 1.82) is 0 Å². The van der Waals surface area contributed by atoms with Gasteiger partial charge in [0.15, 0.2) is 5.82 Å². The predicted molar refractivity (Wildman–Crippen MR) is 78.8 cm³/mol. The minimum atomic E-state index is -0.243. The van der Waals surface area contributed by atoms with Crippen LogP contribution in [-0.4, -0.2) is 41.3 Å². The molecule has 2 heterocycles. The number of hydrogen-bond donors (Lipinski definition) is 0. The monoisotopic (exact) mass is 305 g/mol. The zero-order chi connectivity index (χ0) is 15.4. The van der Waals surface area contributed by atoms with Gasteiger partial charge < -0.3 is 9.26 Å². The van der Waals surface area contributed by atoms with Crippen molar-refractivity contribution in [2.24, 2.45) is 0 Å². The standard InChI is InChI=1S/C16H20FN3O2/c1-21-13-6-4-8-20(10-13)11-16-18-15(19-22-16)9-12-5-2-3-7-14(12)17/h2-3,5,7,13H,4,6,8-11H2,1H3/t13-/m1/s1. The van der Waals surface area contributed by atoms with Crippen LogP contribution in [0.4, 0.5) is 4.39 Å². The molecule has 1 aromatic heterocycles. The summed E-state index contributed by atoms with van der Waals surface area (Å²) in [5.41, 5.74) is 0.576. The first-order valence-electron chi connectivity index (χ1n) is 7.54. The average molecular weight is 305 g/mol. The van der Waals surface area contributed by atoms with Gasteiger partial charge in [-0.15, -0.1) is 0 Å². The van der Waals surface area contributed by atoms with Crippen LogP contribution in [-0.2, 0) is 17.7 Å². The van der Waals surface area contributed by atoms with E-state index >= 15 is 0 Å². The predicted octanol–water partition coefficient (Wildman–Crippen LogP) is 2.41. The van der Waals surface area contributed by atoms with Crippen LogP contribution in [0.1, 0.15) is 30.1 Å². The molecule has 1 aromatic carbocycles. The van der Waals surface area contributed by atoms with E-state index in [0.29, 0.717) is 30.2 Å². The summed E-state index contributed by atoms with van der Waals surface area (Å²) in [6.45, 7) is 2.50. The molecule has 118 valence electrons.